The van der Waals surface area contributed by atoms with E-state index in [1.807, 2.05) is 35.1 Å². The highest BCUT2D eigenvalue weighted by Gasteiger charge is 2.33. The number of nitrogens with one attached hydrogen (secondary N) is 1. The van der Waals surface area contributed by atoms with E-state index in [0.29, 0.717) is 11.1 Å². The average Bonchev–Trinajstić information content (AvgIpc) is 3.15. The van der Waals surface area contributed by atoms with E-state index >= 15 is 0 Å². The smallest absolute Gasteiger partial charge is 0.313 e. The first-order valence-corrected chi connectivity index (χ1v) is 9.89. The number of fused-ring (bicyclic) bond motifs is 1. The van der Waals surface area contributed by atoms with Crippen molar-refractivity contribution in [1.29, 1.82) is 0 Å². The van der Waals surface area contributed by atoms with Gasteiger partial charge < -0.3 is 5.32 Å². The number of aryl methyl sites for hydroxylation is 1. The maximum atomic E-state index is 13.3. The van der Waals surface area contributed by atoms with Crippen molar-refractivity contribution in [2.24, 2.45) is 0 Å². The van der Waals surface area contributed by atoms with Crippen molar-refractivity contribution in [3.8, 4) is 11.1 Å². The highest BCUT2D eigenvalue weighted by atomic mass is 19.4. The Morgan fingerprint density at radius 1 is 0.900 bits per heavy atom. The van der Waals surface area contributed by atoms with Crippen LogP contribution in [-0.4, -0.2) is 16.3 Å². The van der Waals surface area contributed by atoms with Crippen molar-refractivity contribution >= 4 is 10.9 Å². The van der Waals surface area contributed by atoms with Crippen molar-refractivity contribution in [3.63, 3.8) is 0 Å². The Morgan fingerprint density at radius 2 is 1.67 bits per heavy atom. The van der Waals surface area contributed by atoms with E-state index in [1.54, 1.807) is 18.2 Å². The summed E-state index contributed by atoms with van der Waals surface area (Å²) in [5.74, 6) is 0. The molecular weight excluding hydrogens is 387 g/mol. The Balaban J connectivity index is 1.42. The third-order valence-electron chi connectivity index (χ3n) is 5.01. The largest absolute Gasteiger partial charge is 0.417 e. The molecule has 0 unspecified atom stereocenters. The number of nitrogens with zero attached hydrogens (tertiary/aromatic N) is 2. The first kappa shape index (κ1) is 20.2. The standard InChI is InChI=1S/C24H22F3N3/c25-24(26,27)22-10-5-4-9-21(22)19-11-12-20-17-30(29-23(20)15-19)14-6-13-28-16-18-7-2-1-3-8-18/h1-5,7-12,15,17,28H,6,13-14,16H2. The maximum Gasteiger partial charge on any atom is 0.417 e. The van der Waals surface area contributed by atoms with E-state index < -0.39 is 11.7 Å². The summed E-state index contributed by atoms with van der Waals surface area (Å²) in [5, 5.41) is 8.88. The minimum atomic E-state index is -4.39. The quantitative estimate of drug-likeness (QED) is 0.385. The van der Waals surface area contributed by atoms with Crippen LogP contribution in [0.2, 0.25) is 0 Å². The van der Waals surface area contributed by atoms with Gasteiger partial charge in [0.05, 0.1) is 11.1 Å². The molecule has 0 fully saturated rings. The van der Waals surface area contributed by atoms with E-state index in [1.165, 1.54) is 17.7 Å². The highest BCUT2D eigenvalue weighted by Crippen LogP contribution is 2.37. The zero-order chi connectivity index (χ0) is 21.0. The molecule has 3 aromatic carbocycles. The molecule has 4 aromatic rings. The van der Waals surface area contributed by atoms with Crippen molar-refractivity contribution in [1.82, 2.24) is 15.1 Å². The SMILES string of the molecule is FC(F)(F)c1ccccc1-c1ccc2cn(CCCNCc3ccccc3)nc2c1. The van der Waals surface area contributed by atoms with Gasteiger partial charge in [-0.05, 0) is 41.8 Å². The first-order valence-electron chi connectivity index (χ1n) is 9.89. The number of rotatable bonds is 7. The number of benzene rings is 3. The lowest BCUT2D eigenvalue weighted by atomic mass is 9.98. The Hall–Kier alpha value is -3.12. The van der Waals surface area contributed by atoms with Gasteiger partial charge in [-0.1, -0.05) is 60.7 Å². The molecule has 30 heavy (non-hydrogen) atoms. The Bertz CT molecular complexity index is 1120. The monoisotopic (exact) mass is 409 g/mol. The van der Waals surface area contributed by atoms with E-state index in [4.69, 9.17) is 0 Å². The van der Waals surface area contributed by atoms with Crippen LogP contribution in [0.3, 0.4) is 0 Å². The molecule has 1 aromatic heterocycles. The molecule has 0 amide bonds. The van der Waals surface area contributed by atoms with Gasteiger partial charge in [-0.25, -0.2) is 0 Å². The second-order valence-electron chi connectivity index (χ2n) is 7.23. The fourth-order valence-electron chi connectivity index (χ4n) is 3.53. The second-order valence-corrected chi connectivity index (χ2v) is 7.23. The van der Waals surface area contributed by atoms with Crippen molar-refractivity contribution in [3.05, 3.63) is 90.1 Å². The normalized spacial score (nSPS) is 11.8. The van der Waals surface area contributed by atoms with Gasteiger partial charge in [0, 0.05) is 24.7 Å². The topological polar surface area (TPSA) is 29.9 Å². The summed E-state index contributed by atoms with van der Waals surface area (Å²) >= 11 is 0. The molecule has 154 valence electrons. The van der Waals surface area contributed by atoms with Gasteiger partial charge in [0.1, 0.15) is 0 Å². The molecule has 3 nitrogen and oxygen atoms in total. The number of hydrogen-bond acceptors (Lipinski definition) is 2. The Labute approximate surface area is 173 Å². The molecule has 4 rings (SSSR count). The molecule has 0 spiro atoms. The molecule has 1 heterocycles. The van der Waals surface area contributed by atoms with Crippen molar-refractivity contribution in [2.45, 2.75) is 25.7 Å². The van der Waals surface area contributed by atoms with E-state index in [-0.39, 0.29) is 5.56 Å². The van der Waals surface area contributed by atoms with E-state index in [2.05, 4.69) is 22.5 Å². The predicted octanol–water partition coefficient (Wildman–Crippen LogP) is 5.90. The lowest BCUT2D eigenvalue weighted by Gasteiger charge is -2.12. The summed E-state index contributed by atoms with van der Waals surface area (Å²) in [6, 6.07) is 21.1. The fourth-order valence-corrected chi connectivity index (χ4v) is 3.53. The van der Waals surface area contributed by atoms with Crippen molar-refractivity contribution < 1.29 is 13.2 Å². The molecule has 0 saturated carbocycles. The van der Waals surface area contributed by atoms with Crippen LogP contribution in [0.15, 0.2) is 79.0 Å². The van der Waals surface area contributed by atoms with E-state index in [0.717, 1.165) is 37.5 Å². The fraction of sp³-hybridized carbons (Fsp3) is 0.208. The van der Waals surface area contributed by atoms with Gasteiger partial charge in [0.25, 0.3) is 0 Å². The van der Waals surface area contributed by atoms with Gasteiger partial charge in [0.2, 0.25) is 0 Å². The third kappa shape index (κ3) is 4.71. The Morgan fingerprint density at radius 3 is 2.47 bits per heavy atom. The van der Waals surface area contributed by atoms with Crippen LogP contribution < -0.4 is 5.32 Å². The minimum absolute atomic E-state index is 0.173. The van der Waals surface area contributed by atoms with Gasteiger partial charge >= 0.3 is 6.18 Å². The zero-order valence-corrected chi connectivity index (χ0v) is 16.4. The van der Waals surface area contributed by atoms with Gasteiger partial charge in [-0.2, -0.15) is 18.3 Å². The number of aromatic nitrogens is 2. The second kappa shape index (κ2) is 8.71. The molecule has 0 aliphatic carbocycles. The Kier molecular flexibility index (Phi) is 5.86. The van der Waals surface area contributed by atoms with Gasteiger partial charge in [0.15, 0.2) is 0 Å². The molecule has 1 N–H and O–H groups in total. The summed E-state index contributed by atoms with van der Waals surface area (Å²) in [5.41, 5.74) is 2.00. The van der Waals surface area contributed by atoms with Crippen LogP contribution in [-0.2, 0) is 19.3 Å². The summed E-state index contributed by atoms with van der Waals surface area (Å²) < 4.78 is 41.9. The van der Waals surface area contributed by atoms with Crippen LogP contribution in [0.4, 0.5) is 13.2 Å². The average molecular weight is 409 g/mol. The lowest BCUT2D eigenvalue weighted by Crippen LogP contribution is -2.16. The molecule has 0 bridgehead atoms. The number of alkyl halides is 3. The third-order valence-corrected chi connectivity index (χ3v) is 5.01. The zero-order valence-electron chi connectivity index (χ0n) is 16.4. The first-order chi connectivity index (χ1) is 14.5. The number of hydrogen-bond donors (Lipinski definition) is 1. The minimum Gasteiger partial charge on any atom is -0.313 e. The van der Waals surface area contributed by atoms with Crippen LogP contribution in [0.1, 0.15) is 17.5 Å². The predicted molar refractivity (Wildman–Crippen MR) is 113 cm³/mol. The summed E-state index contributed by atoms with van der Waals surface area (Å²) in [4.78, 5) is 0. The summed E-state index contributed by atoms with van der Waals surface area (Å²) in [7, 11) is 0. The van der Waals surface area contributed by atoms with Crippen LogP contribution in [0.25, 0.3) is 22.0 Å². The van der Waals surface area contributed by atoms with Gasteiger partial charge in [-0.15, -0.1) is 0 Å². The van der Waals surface area contributed by atoms with Crippen molar-refractivity contribution in [2.75, 3.05) is 6.54 Å². The highest BCUT2D eigenvalue weighted by molar-refractivity contribution is 5.84. The van der Waals surface area contributed by atoms with Crippen LogP contribution >= 0.6 is 0 Å². The molecule has 6 heteroatoms. The molecular formula is C24H22F3N3. The maximum absolute atomic E-state index is 13.3. The molecule has 0 aliphatic heterocycles. The van der Waals surface area contributed by atoms with Crippen LogP contribution in [0, 0.1) is 0 Å². The van der Waals surface area contributed by atoms with E-state index in [9.17, 15) is 13.2 Å². The number of halogens is 3. The molecule has 0 aliphatic rings. The van der Waals surface area contributed by atoms with Gasteiger partial charge in [-0.3, -0.25) is 4.68 Å². The molecule has 0 radical (unpaired) electrons. The molecule has 0 atom stereocenters. The summed E-state index contributed by atoms with van der Waals surface area (Å²) in [6.07, 6.45) is -1.55. The lowest BCUT2D eigenvalue weighted by molar-refractivity contribution is -0.137. The summed E-state index contributed by atoms with van der Waals surface area (Å²) in [6.45, 7) is 2.42. The molecule has 0 saturated heterocycles. The van der Waals surface area contributed by atoms with Crippen LogP contribution in [0.5, 0.6) is 0 Å².